The second-order valence-electron chi connectivity index (χ2n) is 5.37. The summed E-state index contributed by atoms with van der Waals surface area (Å²) < 4.78 is 5.96. The highest BCUT2D eigenvalue weighted by Gasteiger charge is 2.19. The van der Waals surface area contributed by atoms with Gasteiger partial charge in [-0.2, -0.15) is 10.1 Å². The van der Waals surface area contributed by atoms with Crippen LogP contribution in [0, 0.1) is 13.8 Å². The number of aryl methyl sites for hydroxylation is 4. The number of imidazole rings is 1. The molecule has 0 unspecified atom stereocenters. The molecule has 0 N–H and O–H groups in total. The van der Waals surface area contributed by atoms with Crippen molar-refractivity contribution in [2.45, 2.75) is 27.3 Å². The first-order valence-corrected chi connectivity index (χ1v) is 7.06. The first-order valence-electron chi connectivity index (χ1n) is 7.06. The van der Waals surface area contributed by atoms with E-state index in [4.69, 9.17) is 0 Å². The lowest BCUT2D eigenvalue weighted by Gasteiger charge is -2.06. The van der Waals surface area contributed by atoms with Gasteiger partial charge in [-0.25, -0.2) is 9.48 Å². The van der Waals surface area contributed by atoms with Crippen LogP contribution in [0.1, 0.15) is 18.3 Å². The van der Waals surface area contributed by atoms with Crippen LogP contribution in [0.25, 0.3) is 17.1 Å². The fourth-order valence-electron chi connectivity index (χ4n) is 2.73. The van der Waals surface area contributed by atoms with Crippen LogP contribution in [0.3, 0.4) is 0 Å². The number of nitrogens with zero attached hydrogens (tertiary/aromatic N) is 6. The Labute approximate surface area is 126 Å². The minimum absolute atomic E-state index is 0.321. The predicted octanol–water partition coefficient (Wildman–Crippen LogP) is 0.256. The van der Waals surface area contributed by atoms with Crippen molar-refractivity contribution in [3.63, 3.8) is 0 Å². The molecule has 0 aliphatic heterocycles. The van der Waals surface area contributed by atoms with E-state index in [1.165, 1.54) is 9.13 Å². The van der Waals surface area contributed by atoms with E-state index >= 15 is 0 Å². The molecule has 3 aromatic heterocycles. The van der Waals surface area contributed by atoms with Gasteiger partial charge in [0.1, 0.15) is 0 Å². The van der Waals surface area contributed by atoms with Gasteiger partial charge in [0.25, 0.3) is 5.56 Å². The van der Waals surface area contributed by atoms with Crippen molar-refractivity contribution in [2.24, 2.45) is 14.1 Å². The summed E-state index contributed by atoms with van der Waals surface area (Å²) in [5.41, 5.74) is 1.85. The van der Waals surface area contributed by atoms with Crippen molar-refractivity contribution in [2.75, 3.05) is 0 Å². The van der Waals surface area contributed by atoms with Crippen LogP contribution < -0.4 is 11.2 Å². The lowest BCUT2D eigenvalue weighted by molar-refractivity contribution is 0.635. The molecule has 0 aliphatic rings. The standard InChI is InChI=1S/C14H18N6O2/c1-6-19-12(21)10-11(18(5)14(19)22)15-13(17(10)4)20-9(3)7-8(2)16-20/h7H,6H2,1-5H3. The van der Waals surface area contributed by atoms with Crippen LogP contribution >= 0.6 is 0 Å². The van der Waals surface area contributed by atoms with Gasteiger partial charge in [-0.05, 0) is 26.8 Å². The number of hydrogen-bond acceptors (Lipinski definition) is 4. The molecule has 8 heteroatoms. The van der Waals surface area contributed by atoms with E-state index < -0.39 is 0 Å². The molecule has 0 bridgehead atoms. The fourth-order valence-corrected chi connectivity index (χ4v) is 2.73. The lowest BCUT2D eigenvalue weighted by atomic mass is 10.4. The third-order valence-electron chi connectivity index (χ3n) is 3.85. The highest BCUT2D eigenvalue weighted by molar-refractivity contribution is 5.72. The van der Waals surface area contributed by atoms with Crippen LogP contribution in [0.2, 0.25) is 0 Å². The SMILES string of the molecule is CCn1c(=O)c2c(nc(-n3nc(C)cc3C)n2C)n(C)c1=O. The van der Waals surface area contributed by atoms with Gasteiger partial charge < -0.3 is 4.57 Å². The highest BCUT2D eigenvalue weighted by Crippen LogP contribution is 2.15. The Hall–Kier alpha value is -2.64. The fraction of sp³-hybridized carbons (Fsp3) is 0.429. The maximum atomic E-state index is 12.5. The minimum Gasteiger partial charge on any atom is -0.306 e. The molecule has 3 heterocycles. The average Bonchev–Trinajstić information content (AvgIpc) is 2.97. The first-order chi connectivity index (χ1) is 10.4. The third kappa shape index (κ3) is 1.76. The first kappa shape index (κ1) is 14.3. The molecule has 0 atom stereocenters. The Bertz CT molecular complexity index is 1000. The van der Waals surface area contributed by atoms with Crippen LogP contribution in [0.5, 0.6) is 0 Å². The number of aromatic nitrogens is 6. The maximum Gasteiger partial charge on any atom is 0.332 e. The quantitative estimate of drug-likeness (QED) is 0.680. The van der Waals surface area contributed by atoms with Crippen LogP contribution in [-0.2, 0) is 20.6 Å². The van der Waals surface area contributed by atoms with Gasteiger partial charge in [0.2, 0.25) is 5.95 Å². The summed E-state index contributed by atoms with van der Waals surface area (Å²) in [7, 11) is 3.38. The van der Waals surface area contributed by atoms with Crippen molar-refractivity contribution in [3.8, 4) is 5.95 Å². The summed E-state index contributed by atoms with van der Waals surface area (Å²) >= 11 is 0. The molecule has 0 spiro atoms. The summed E-state index contributed by atoms with van der Waals surface area (Å²) in [5, 5.41) is 4.40. The molecule has 0 fully saturated rings. The van der Waals surface area contributed by atoms with E-state index in [-0.39, 0.29) is 11.2 Å². The van der Waals surface area contributed by atoms with Gasteiger partial charge in [-0.1, -0.05) is 0 Å². The van der Waals surface area contributed by atoms with Gasteiger partial charge in [-0.3, -0.25) is 13.9 Å². The van der Waals surface area contributed by atoms with Gasteiger partial charge in [0.15, 0.2) is 11.2 Å². The molecule has 3 aromatic rings. The zero-order valence-electron chi connectivity index (χ0n) is 13.3. The lowest BCUT2D eigenvalue weighted by Crippen LogP contribution is -2.39. The molecule has 0 radical (unpaired) electrons. The monoisotopic (exact) mass is 302 g/mol. The molecular weight excluding hydrogens is 284 g/mol. The number of rotatable bonds is 2. The summed E-state index contributed by atoms with van der Waals surface area (Å²) in [6, 6.07) is 1.93. The van der Waals surface area contributed by atoms with Gasteiger partial charge in [-0.15, -0.1) is 0 Å². The topological polar surface area (TPSA) is 79.6 Å². The van der Waals surface area contributed by atoms with Crippen LogP contribution in [-0.4, -0.2) is 28.5 Å². The maximum absolute atomic E-state index is 12.5. The smallest absolute Gasteiger partial charge is 0.306 e. The Morgan fingerprint density at radius 1 is 1.14 bits per heavy atom. The molecule has 0 aliphatic carbocycles. The Kier molecular flexibility index (Phi) is 3.05. The van der Waals surface area contributed by atoms with E-state index in [9.17, 15) is 9.59 Å². The number of hydrogen-bond donors (Lipinski definition) is 0. The molecule has 0 aromatic carbocycles. The van der Waals surface area contributed by atoms with Gasteiger partial charge in [0.05, 0.1) is 5.69 Å². The molecule has 8 nitrogen and oxygen atoms in total. The average molecular weight is 302 g/mol. The van der Waals surface area contributed by atoms with E-state index in [2.05, 4.69) is 10.1 Å². The van der Waals surface area contributed by atoms with E-state index in [0.717, 1.165) is 11.4 Å². The Morgan fingerprint density at radius 2 is 1.82 bits per heavy atom. The largest absolute Gasteiger partial charge is 0.332 e. The van der Waals surface area contributed by atoms with Gasteiger partial charge >= 0.3 is 5.69 Å². The van der Waals surface area contributed by atoms with Crippen LogP contribution in [0.4, 0.5) is 0 Å². The molecule has 0 saturated heterocycles. The van der Waals surface area contributed by atoms with Crippen molar-refractivity contribution in [3.05, 3.63) is 38.3 Å². The minimum atomic E-state index is -0.363. The zero-order valence-corrected chi connectivity index (χ0v) is 13.3. The predicted molar refractivity (Wildman–Crippen MR) is 82.5 cm³/mol. The Morgan fingerprint density at radius 3 is 2.36 bits per heavy atom. The summed E-state index contributed by atoms with van der Waals surface area (Å²) in [6.07, 6.45) is 0. The molecule has 22 heavy (non-hydrogen) atoms. The Balaban J connectivity index is 2.47. The third-order valence-corrected chi connectivity index (χ3v) is 3.85. The van der Waals surface area contributed by atoms with E-state index in [1.54, 1.807) is 30.3 Å². The molecule has 3 rings (SSSR count). The normalized spacial score (nSPS) is 11.5. The second-order valence-corrected chi connectivity index (χ2v) is 5.37. The molecular formula is C14H18N6O2. The highest BCUT2D eigenvalue weighted by atomic mass is 16.2. The van der Waals surface area contributed by atoms with Gasteiger partial charge in [0, 0.05) is 26.3 Å². The van der Waals surface area contributed by atoms with E-state index in [0.29, 0.717) is 23.7 Å². The van der Waals surface area contributed by atoms with Crippen LogP contribution in [0.15, 0.2) is 15.7 Å². The second kappa shape index (κ2) is 4.69. The molecule has 0 amide bonds. The van der Waals surface area contributed by atoms with E-state index in [1.807, 2.05) is 19.9 Å². The van der Waals surface area contributed by atoms with Crippen molar-refractivity contribution >= 4 is 11.2 Å². The molecule has 116 valence electrons. The summed E-state index contributed by atoms with van der Waals surface area (Å²) in [6.45, 7) is 5.91. The summed E-state index contributed by atoms with van der Waals surface area (Å²) in [4.78, 5) is 29.2. The zero-order chi connectivity index (χ0) is 16.2. The van der Waals surface area contributed by atoms with Crippen molar-refractivity contribution in [1.82, 2.24) is 28.5 Å². The molecule has 0 saturated carbocycles. The number of fused-ring (bicyclic) bond motifs is 1. The van der Waals surface area contributed by atoms with Crippen molar-refractivity contribution in [1.29, 1.82) is 0 Å². The van der Waals surface area contributed by atoms with Crippen molar-refractivity contribution < 1.29 is 0 Å². The summed E-state index contributed by atoms with van der Waals surface area (Å²) in [5.74, 6) is 0.515.